The van der Waals surface area contributed by atoms with Gasteiger partial charge in [-0.05, 0) is 25.5 Å². The number of alkyl halides is 3. The summed E-state index contributed by atoms with van der Waals surface area (Å²) in [5, 5.41) is 41.6. The number of aromatic amines is 1. The first-order valence-electron chi connectivity index (χ1n) is 13.3. The van der Waals surface area contributed by atoms with Crippen molar-refractivity contribution in [2.45, 2.75) is 75.1 Å². The minimum Gasteiger partial charge on any atom is -0.475 e. The number of ether oxygens (including phenoxy) is 3. The number of nitrogens with two attached hydrogens (primary N) is 1. The topological polar surface area (TPSA) is 219 Å². The fourth-order valence-electron chi connectivity index (χ4n) is 4.49. The number of aliphatic carboxylic acids is 1. The zero-order valence-corrected chi connectivity index (χ0v) is 23.0. The third-order valence-corrected chi connectivity index (χ3v) is 6.82. The second kappa shape index (κ2) is 15.0. The Labute approximate surface area is 242 Å². The van der Waals surface area contributed by atoms with Crippen LogP contribution in [0.1, 0.15) is 23.8 Å². The minimum absolute atomic E-state index is 0.00734. The van der Waals surface area contributed by atoms with E-state index in [-0.39, 0.29) is 19.5 Å². The van der Waals surface area contributed by atoms with Crippen LogP contribution in [0, 0.1) is 6.92 Å². The summed E-state index contributed by atoms with van der Waals surface area (Å²) in [4.78, 5) is 34.7. The molecule has 2 saturated heterocycles. The van der Waals surface area contributed by atoms with Gasteiger partial charge < -0.3 is 45.7 Å². The van der Waals surface area contributed by atoms with E-state index in [0.717, 1.165) is 11.0 Å². The number of carboxylic acids is 1. The number of hydrogen-bond acceptors (Lipinski definition) is 11. The highest BCUT2D eigenvalue weighted by Gasteiger charge is 2.47. The van der Waals surface area contributed by atoms with E-state index in [9.17, 15) is 38.1 Å². The number of aryl methyl sites for hydroxylation is 1. The van der Waals surface area contributed by atoms with Gasteiger partial charge >= 0.3 is 17.8 Å². The molecule has 2 aliphatic heterocycles. The van der Waals surface area contributed by atoms with Gasteiger partial charge in [0, 0.05) is 31.8 Å². The van der Waals surface area contributed by atoms with Crippen molar-refractivity contribution in [2.24, 2.45) is 5.73 Å². The van der Waals surface area contributed by atoms with Gasteiger partial charge in [0.25, 0.3) is 5.56 Å². The molecule has 14 nitrogen and oxygen atoms in total. The van der Waals surface area contributed by atoms with Gasteiger partial charge in [-0.25, -0.2) is 9.59 Å². The highest BCUT2D eigenvalue weighted by Crippen LogP contribution is 2.32. The van der Waals surface area contributed by atoms with E-state index in [1.54, 1.807) is 0 Å². The van der Waals surface area contributed by atoms with Gasteiger partial charge in [-0.3, -0.25) is 14.3 Å². The van der Waals surface area contributed by atoms with E-state index in [4.69, 9.17) is 29.8 Å². The maximum Gasteiger partial charge on any atom is 0.490 e. The summed E-state index contributed by atoms with van der Waals surface area (Å²) in [6.45, 7) is 2.95. The molecule has 1 aromatic heterocycles. The maximum atomic E-state index is 12.2. The van der Waals surface area contributed by atoms with Crippen LogP contribution in [0.15, 0.2) is 46.1 Å². The van der Waals surface area contributed by atoms with Crippen molar-refractivity contribution in [1.29, 1.82) is 0 Å². The Morgan fingerprint density at radius 1 is 1.16 bits per heavy atom. The molecular formula is C26H35F3N4O10. The van der Waals surface area contributed by atoms with Crippen LogP contribution in [0.2, 0.25) is 0 Å². The molecule has 17 heteroatoms. The third-order valence-electron chi connectivity index (χ3n) is 6.82. The van der Waals surface area contributed by atoms with Crippen LogP contribution in [0.4, 0.5) is 13.2 Å². The highest BCUT2D eigenvalue weighted by molar-refractivity contribution is 5.73. The SMILES string of the molecule is Cc1ccc(CCNC[C@H](O[C@@H]2O[C@H](CN)[C@@H](O)[C@H]2O)[C@@H]2C[C@@H](O)[C@H](n3ccc(=O)[nH]c3=O)O2)cc1.O=C(O)C(F)(F)F. The molecule has 240 valence electrons. The molecule has 43 heavy (non-hydrogen) atoms. The molecule has 4 rings (SSSR count). The number of nitrogens with one attached hydrogen (secondary N) is 2. The number of aliphatic hydroxyl groups excluding tert-OH is 3. The molecule has 8 N–H and O–H groups in total. The number of halogens is 3. The predicted molar refractivity (Wildman–Crippen MR) is 142 cm³/mol. The van der Waals surface area contributed by atoms with Crippen LogP contribution in [-0.4, -0.2) is 105 Å². The van der Waals surface area contributed by atoms with Gasteiger partial charge in [0.05, 0.1) is 12.2 Å². The summed E-state index contributed by atoms with van der Waals surface area (Å²) >= 11 is 0. The molecular weight excluding hydrogens is 585 g/mol. The molecule has 1 aromatic carbocycles. The van der Waals surface area contributed by atoms with Crippen LogP contribution in [0.25, 0.3) is 0 Å². The Bertz CT molecular complexity index is 1310. The Hall–Kier alpha value is -3.16. The zero-order chi connectivity index (χ0) is 31.9. The standard InChI is InChI=1S/C24H34N4O8.C2HF3O2/c1-13-2-4-14(5-3-13)6-8-26-12-18(36-23-21(32)20(31)17(11-25)35-23)16-10-15(29)22(34-16)28-9-7-19(30)27-24(28)33;3-2(4,5)1(6)7/h2-5,7,9,15-18,20-23,26,29,31-32H,6,8,10-12,25H2,1H3,(H,27,30,33);(H,6,7)/t15-,16+,17-,18+,20-,21-,22-,23+;/m1./s1. The highest BCUT2D eigenvalue weighted by atomic mass is 19.4. The Kier molecular flexibility index (Phi) is 12.0. The monoisotopic (exact) mass is 620 g/mol. The van der Waals surface area contributed by atoms with Gasteiger partial charge in [-0.1, -0.05) is 29.8 Å². The fourth-order valence-corrected chi connectivity index (χ4v) is 4.49. The molecule has 0 bridgehead atoms. The molecule has 0 radical (unpaired) electrons. The smallest absolute Gasteiger partial charge is 0.475 e. The normalized spacial score (nSPS) is 27.9. The first-order valence-corrected chi connectivity index (χ1v) is 13.3. The summed E-state index contributed by atoms with van der Waals surface area (Å²) in [6.07, 6.45) is -10.8. The number of benzene rings is 1. The molecule has 2 aliphatic rings. The number of carboxylic acid groups (broad SMARTS) is 1. The molecule has 0 amide bonds. The Morgan fingerprint density at radius 3 is 2.37 bits per heavy atom. The third kappa shape index (κ3) is 9.41. The molecule has 2 fully saturated rings. The van der Waals surface area contributed by atoms with Crippen LogP contribution in [-0.2, 0) is 25.4 Å². The van der Waals surface area contributed by atoms with Crippen molar-refractivity contribution in [3.63, 3.8) is 0 Å². The summed E-state index contributed by atoms with van der Waals surface area (Å²) in [7, 11) is 0. The van der Waals surface area contributed by atoms with E-state index >= 15 is 0 Å². The average Bonchev–Trinajstić information content (AvgIpc) is 3.45. The van der Waals surface area contributed by atoms with Gasteiger partial charge in [0.1, 0.15) is 24.4 Å². The lowest BCUT2D eigenvalue weighted by Crippen LogP contribution is -2.44. The van der Waals surface area contributed by atoms with E-state index in [0.29, 0.717) is 6.54 Å². The average molecular weight is 621 g/mol. The van der Waals surface area contributed by atoms with Crippen LogP contribution in [0.5, 0.6) is 0 Å². The second-order valence-corrected chi connectivity index (χ2v) is 10.1. The lowest BCUT2D eigenvalue weighted by molar-refractivity contribution is -0.213. The summed E-state index contributed by atoms with van der Waals surface area (Å²) in [5.41, 5.74) is 6.70. The van der Waals surface area contributed by atoms with Gasteiger partial charge in [-0.2, -0.15) is 13.2 Å². The Morgan fingerprint density at radius 2 is 1.81 bits per heavy atom. The number of rotatable bonds is 10. The van der Waals surface area contributed by atoms with E-state index in [2.05, 4.69) is 22.4 Å². The molecule has 8 atom stereocenters. The predicted octanol–water partition coefficient (Wildman–Crippen LogP) is -1.25. The lowest BCUT2D eigenvalue weighted by atomic mass is 10.1. The zero-order valence-electron chi connectivity index (χ0n) is 23.0. The molecule has 0 aliphatic carbocycles. The first kappa shape index (κ1) is 34.3. The van der Waals surface area contributed by atoms with Crippen molar-refractivity contribution in [2.75, 3.05) is 19.6 Å². The van der Waals surface area contributed by atoms with Gasteiger partial charge in [0.2, 0.25) is 0 Å². The van der Waals surface area contributed by atoms with E-state index in [1.807, 2.05) is 19.1 Å². The number of hydrogen-bond donors (Lipinski definition) is 7. The minimum atomic E-state index is -5.08. The van der Waals surface area contributed by atoms with Gasteiger partial charge in [-0.15, -0.1) is 0 Å². The fraction of sp³-hybridized carbons (Fsp3) is 0.577. The van der Waals surface area contributed by atoms with Crippen molar-refractivity contribution in [3.8, 4) is 0 Å². The molecule has 0 saturated carbocycles. The first-order chi connectivity index (χ1) is 20.2. The molecule has 2 aromatic rings. The lowest BCUT2D eigenvalue weighted by Gasteiger charge is -2.28. The van der Waals surface area contributed by atoms with Crippen molar-refractivity contribution >= 4 is 5.97 Å². The number of aromatic nitrogens is 2. The maximum absolute atomic E-state index is 12.2. The summed E-state index contributed by atoms with van der Waals surface area (Å²) < 4.78 is 50.5. The molecule has 3 heterocycles. The van der Waals surface area contributed by atoms with Crippen molar-refractivity contribution in [1.82, 2.24) is 14.9 Å². The van der Waals surface area contributed by atoms with E-state index in [1.165, 1.54) is 23.4 Å². The quantitative estimate of drug-likeness (QED) is 0.155. The van der Waals surface area contributed by atoms with Crippen LogP contribution in [0.3, 0.4) is 0 Å². The number of H-pyrrole nitrogens is 1. The molecule has 0 spiro atoms. The van der Waals surface area contributed by atoms with Crippen molar-refractivity contribution in [3.05, 3.63) is 68.5 Å². The second-order valence-electron chi connectivity index (χ2n) is 10.1. The number of nitrogens with zero attached hydrogens (tertiary/aromatic N) is 1. The summed E-state index contributed by atoms with van der Waals surface area (Å²) in [5.74, 6) is -2.76. The van der Waals surface area contributed by atoms with Crippen LogP contribution < -0.4 is 22.3 Å². The summed E-state index contributed by atoms with van der Waals surface area (Å²) in [6, 6.07) is 9.39. The Balaban J connectivity index is 0.000000646. The molecule has 0 unspecified atom stereocenters. The van der Waals surface area contributed by atoms with Crippen LogP contribution >= 0.6 is 0 Å². The largest absolute Gasteiger partial charge is 0.490 e. The van der Waals surface area contributed by atoms with E-state index < -0.39 is 72.5 Å². The number of carbonyl (C=O) groups is 1. The number of aliphatic hydroxyl groups is 3. The van der Waals surface area contributed by atoms with Crippen molar-refractivity contribution < 1.29 is 52.6 Å². The van der Waals surface area contributed by atoms with Gasteiger partial charge in [0.15, 0.2) is 12.5 Å².